The molecule has 0 radical (unpaired) electrons. The van der Waals surface area contributed by atoms with Gasteiger partial charge in [0.15, 0.2) is 0 Å². The number of aldehydes is 1. The van der Waals surface area contributed by atoms with E-state index in [0.29, 0.717) is 11.8 Å². The van der Waals surface area contributed by atoms with Crippen molar-refractivity contribution in [3.8, 4) is 0 Å². The van der Waals surface area contributed by atoms with Gasteiger partial charge in [0.05, 0.1) is 6.20 Å². The molecule has 1 amide bonds. The van der Waals surface area contributed by atoms with Gasteiger partial charge in [-0.05, 0) is 34.6 Å². The molecule has 6 nitrogen and oxygen atoms in total. The van der Waals surface area contributed by atoms with Crippen molar-refractivity contribution in [3.63, 3.8) is 0 Å². The number of rotatable bonds is 4. The first kappa shape index (κ1) is 16.2. The summed E-state index contributed by atoms with van der Waals surface area (Å²) < 4.78 is 7.00. The van der Waals surface area contributed by atoms with E-state index in [1.54, 1.807) is 44.9 Å². The van der Waals surface area contributed by atoms with Gasteiger partial charge in [0.1, 0.15) is 17.9 Å². The van der Waals surface area contributed by atoms with Crippen LogP contribution in [0.25, 0.3) is 0 Å². The van der Waals surface area contributed by atoms with Crippen LogP contribution in [0.2, 0.25) is 0 Å². The summed E-state index contributed by atoms with van der Waals surface area (Å²) in [6, 6.07) is -0.500. The molecule has 0 saturated carbocycles. The van der Waals surface area contributed by atoms with Crippen molar-refractivity contribution < 1.29 is 14.3 Å². The van der Waals surface area contributed by atoms with E-state index in [0.717, 1.165) is 0 Å². The zero-order chi connectivity index (χ0) is 15.5. The largest absolute Gasteiger partial charge is 0.444 e. The Morgan fingerprint density at radius 3 is 2.45 bits per heavy atom. The summed E-state index contributed by atoms with van der Waals surface area (Å²) in [4.78, 5) is 24.6. The van der Waals surface area contributed by atoms with Crippen LogP contribution in [0.15, 0.2) is 12.4 Å². The molecule has 0 aliphatic rings. The molecule has 0 aliphatic carbocycles. The second-order valence-electron chi connectivity index (χ2n) is 6.02. The van der Waals surface area contributed by atoms with Gasteiger partial charge < -0.3 is 9.53 Å². The first-order chi connectivity index (χ1) is 9.15. The molecule has 20 heavy (non-hydrogen) atoms. The highest BCUT2D eigenvalue weighted by molar-refractivity contribution is 5.74. The van der Waals surface area contributed by atoms with Crippen LogP contribution in [0.5, 0.6) is 0 Å². The van der Waals surface area contributed by atoms with Crippen molar-refractivity contribution >= 4 is 12.4 Å². The van der Waals surface area contributed by atoms with Crippen LogP contribution < -0.4 is 0 Å². The molecule has 112 valence electrons. The zero-order valence-electron chi connectivity index (χ0n) is 13.0. The van der Waals surface area contributed by atoms with Crippen molar-refractivity contribution in [1.82, 2.24) is 14.7 Å². The van der Waals surface area contributed by atoms with Crippen LogP contribution in [-0.2, 0) is 9.53 Å². The third-order valence-electron chi connectivity index (χ3n) is 2.72. The highest BCUT2D eigenvalue weighted by atomic mass is 16.6. The maximum atomic E-state index is 12.0. The summed E-state index contributed by atoms with van der Waals surface area (Å²) in [5.41, 5.74) is 0.0722. The summed E-state index contributed by atoms with van der Waals surface area (Å²) in [5, 5.41) is 4.18. The van der Waals surface area contributed by atoms with Crippen LogP contribution in [0, 0.1) is 0 Å². The van der Waals surface area contributed by atoms with Crippen LogP contribution in [-0.4, -0.2) is 39.7 Å². The molecule has 0 N–H and O–H groups in total. The van der Waals surface area contributed by atoms with Crippen molar-refractivity contribution in [1.29, 1.82) is 0 Å². The van der Waals surface area contributed by atoms with Gasteiger partial charge in [-0.2, -0.15) is 5.10 Å². The second-order valence-corrected chi connectivity index (χ2v) is 6.02. The van der Waals surface area contributed by atoms with E-state index in [1.807, 2.05) is 13.8 Å². The number of amides is 1. The van der Waals surface area contributed by atoms with Crippen molar-refractivity contribution in [2.45, 2.75) is 52.3 Å². The number of aromatic nitrogens is 2. The summed E-state index contributed by atoms with van der Waals surface area (Å²) >= 11 is 0. The number of hydrogen-bond acceptors (Lipinski definition) is 4. The third-order valence-corrected chi connectivity index (χ3v) is 2.72. The van der Waals surface area contributed by atoms with Gasteiger partial charge in [0.2, 0.25) is 0 Å². The Hall–Kier alpha value is -1.85. The fraction of sp³-hybridized carbons (Fsp3) is 0.643. The lowest BCUT2D eigenvalue weighted by molar-refractivity contribution is -0.112. The monoisotopic (exact) mass is 281 g/mol. The number of likely N-dealkylation sites (N-methyl/N-ethyl adjacent to an activating group) is 1. The molecule has 1 unspecified atom stereocenters. The number of ether oxygens (including phenoxy) is 1. The minimum Gasteiger partial charge on any atom is -0.444 e. The van der Waals surface area contributed by atoms with Gasteiger partial charge >= 0.3 is 6.09 Å². The molecule has 0 aromatic carbocycles. The van der Waals surface area contributed by atoms with Gasteiger partial charge in [0, 0.05) is 24.8 Å². The predicted molar refractivity (Wildman–Crippen MR) is 75.4 cm³/mol. The minimum atomic E-state index is -0.697. The topological polar surface area (TPSA) is 64.4 Å². The number of carbonyl (C=O) groups is 2. The standard InChI is InChI=1S/C14H23N3O3/c1-10(2)17-8-11(7-15-17)12(9-18)16(6)13(19)20-14(3,4)5/h7-10,12H,1-6H3. The van der Waals surface area contributed by atoms with E-state index in [9.17, 15) is 9.59 Å². The number of nitrogens with zero attached hydrogens (tertiary/aromatic N) is 3. The third kappa shape index (κ3) is 4.08. The normalized spacial score (nSPS) is 13.2. The maximum Gasteiger partial charge on any atom is 0.410 e. The van der Waals surface area contributed by atoms with Crippen LogP contribution in [0.3, 0.4) is 0 Å². The van der Waals surface area contributed by atoms with Crippen LogP contribution in [0.4, 0.5) is 4.79 Å². The summed E-state index contributed by atoms with van der Waals surface area (Å²) in [6.07, 6.45) is 3.54. The Morgan fingerprint density at radius 1 is 1.45 bits per heavy atom. The first-order valence-electron chi connectivity index (χ1n) is 6.61. The molecule has 1 rings (SSSR count). The Labute approximate surface area is 119 Å². The molecule has 1 aromatic rings. The van der Waals surface area contributed by atoms with Gasteiger partial charge in [-0.15, -0.1) is 0 Å². The van der Waals surface area contributed by atoms with E-state index in [1.165, 1.54) is 4.90 Å². The molecule has 0 fully saturated rings. The SMILES string of the molecule is CC(C)n1cc(C(C=O)N(C)C(=O)OC(C)(C)C)cn1. The van der Waals surface area contributed by atoms with E-state index >= 15 is 0 Å². The van der Waals surface area contributed by atoms with E-state index < -0.39 is 17.7 Å². The first-order valence-corrected chi connectivity index (χ1v) is 6.61. The van der Waals surface area contributed by atoms with Crippen molar-refractivity contribution in [2.75, 3.05) is 7.05 Å². The fourth-order valence-electron chi connectivity index (χ4n) is 1.63. The Kier molecular flexibility index (Phi) is 4.92. The van der Waals surface area contributed by atoms with Gasteiger partial charge in [-0.25, -0.2) is 4.79 Å². The minimum absolute atomic E-state index is 0.197. The Bertz CT molecular complexity index is 474. The molecule has 1 heterocycles. The Balaban J connectivity index is 2.89. The van der Waals surface area contributed by atoms with Gasteiger partial charge in [0.25, 0.3) is 0 Å². The summed E-state index contributed by atoms with van der Waals surface area (Å²) in [5.74, 6) is 0. The van der Waals surface area contributed by atoms with Crippen molar-refractivity contribution in [2.24, 2.45) is 0 Å². The maximum absolute atomic E-state index is 12.0. The second kappa shape index (κ2) is 6.07. The van der Waals surface area contributed by atoms with E-state index in [4.69, 9.17) is 4.74 Å². The van der Waals surface area contributed by atoms with E-state index in [2.05, 4.69) is 5.10 Å². The van der Waals surface area contributed by atoms with Gasteiger partial charge in [-0.1, -0.05) is 0 Å². The zero-order valence-corrected chi connectivity index (χ0v) is 13.0. The molecule has 0 saturated heterocycles. The molecule has 0 spiro atoms. The van der Waals surface area contributed by atoms with Crippen LogP contribution in [0.1, 0.15) is 52.3 Å². The molecular formula is C14H23N3O3. The van der Waals surface area contributed by atoms with Gasteiger partial charge in [-0.3, -0.25) is 9.58 Å². The van der Waals surface area contributed by atoms with Crippen LogP contribution >= 0.6 is 0 Å². The molecular weight excluding hydrogens is 258 g/mol. The Morgan fingerprint density at radius 2 is 2.05 bits per heavy atom. The smallest absolute Gasteiger partial charge is 0.410 e. The lowest BCUT2D eigenvalue weighted by Gasteiger charge is -2.27. The molecule has 0 aliphatic heterocycles. The molecule has 0 bridgehead atoms. The lowest BCUT2D eigenvalue weighted by atomic mass is 10.1. The lowest BCUT2D eigenvalue weighted by Crippen LogP contribution is -2.37. The average Bonchev–Trinajstić information content (AvgIpc) is 2.77. The molecule has 6 heteroatoms. The highest BCUT2D eigenvalue weighted by Crippen LogP contribution is 2.20. The molecule has 1 atom stereocenters. The van der Waals surface area contributed by atoms with Crippen molar-refractivity contribution in [3.05, 3.63) is 18.0 Å². The summed E-state index contributed by atoms with van der Waals surface area (Å²) in [7, 11) is 1.54. The predicted octanol–water partition coefficient (Wildman–Crippen LogP) is 2.57. The number of carbonyl (C=O) groups excluding carboxylic acids is 2. The summed E-state index contributed by atoms with van der Waals surface area (Å²) in [6.45, 7) is 9.33. The quantitative estimate of drug-likeness (QED) is 0.796. The van der Waals surface area contributed by atoms with E-state index in [-0.39, 0.29) is 6.04 Å². The average molecular weight is 281 g/mol. The number of hydrogen-bond donors (Lipinski definition) is 0. The highest BCUT2D eigenvalue weighted by Gasteiger charge is 2.27. The fourth-order valence-corrected chi connectivity index (χ4v) is 1.63. The molecule has 1 aromatic heterocycles.